The Labute approximate surface area is 274 Å². The normalized spacial score (nSPS) is 12.6. The molecule has 12 nitrogen and oxygen atoms in total. The van der Waals surface area contributed by atoms with Crippen LogP contribution in [0.2, 0.25) is 0 Å². The largest absolute Gasteiger partial charge is 0.492 e. The lowest BCUT2D eigenvalue weighted by atomic mass is 10.0. The highest BCUT2D eigenvalue weighted by atomic mass is 32.2. The Hall–Kier alpha value is -6.08. The summed E-state index contributed by atoms with van der Waals surface area (Å²) in [7, 11) is -4.54. The molecule has 242 valence electrons. The van der Waals surface area contributed by atoms with E-state index in [4.69, 9.17) is 14.3 Å². The topological polar surface area (TPSA) is 157 Å². The quantitative estimate of drug-likeness (QED) is 0.212. The van der Waals surface area contributed by atoms with Crippen LogP contribution in [0.5, 0.6) is 23.3 Å². The summed E-state index contributed by atoms with van der Waals surface area (Å²) in [5.74, 6) is -1.68. The number of benzene rings is 4. The Morgan fingerprint density at radius 3 is 2.04 bits per heavy atom. The number of rotatable bonds is 8. The van der Waals surface area contributed by atoms with Crippen molar-refractivity contribution in [3.8, 4) is 23.3 Å². The summed E-state index contributed by atoms with van der Waals surface area (Å²) in [4.78, 5) is 36.6. The molecule has 0 saturated carbocycles. The summed E-state index contributed by atoms with van der Waals surface area (Å²) in [6, 6.07) is 26.8. The molecule has 7 rings (SSSR count). The Morgan fingerprint density at radius 1 is 0.792 bits per heavy atom. The van der Waals surface area contributed by atoms with Crippen molar-refractivity contribution in [3.05, 3.63) is 114 Å². The van der Waals surface area contributed by atoms with E-state index in [0.29, 0.717) is 50.2 Å². The molecule has 48 heavy (non-hydrogen) atoms. The Kier molecular flexibility index (Phi) is 7.81. The van der Waals surface area contributed by atoms with Gasteiger partial charge in [-0.2, -0.15) is 4.31 Å². The van der Waals surface area contributed by atoms with Gasteiger partial charge in [0.15, 0.2) is 11.5 Å². The lowest BCUT2D eigenvalue weighted by Crippen LogP contribution is -2.37. The molecule has 0 saturated heterocycles. The number of aryl methyl sites for hydroxylation is 1. The van der Waals surface area contributed by atoms with Crippen molar-refractivity contribution in [1.29, 1.82) is 0 Å². The van der Waals surface area contributed by atoms with Crippen LogP contribution in [0.3, 0.4) is 0 Å². The molecule has 0 unspecified atom stereocenters. The lowest BCUT2D eigenvalue weighted by molar-refractivity contribution is -0.145. The zero-order valence-corrected chi connectivity index (χ0v) is 26.0. The summed E-state index contributed by atoms with van der Waals surface area (Å²) in [6.07, 6.45) is 0.0366. The number of anilines is 1. The molecule has 3 heterocycles. The first kappa shape index (κ1) is 30.6. The average molecular weight is 666 g/mol. The molecule has 13 heteroatoms. The van der Waals surface area contributed by atoms with Crippen LogP contribution < -0.4 is 18.6 Å². The highest BCUT2D eigenvalue weighted by molar-refractivity contribution is 7.93. The van der Waals surface area contributed by atoms with E-state index in [1.54, 1.807) is 54.6 Å². The summed E-state index contributed by atoms with van der Waals surface area (Å²) in [5, 5.41) is 20.4. The first-order chi connectivity index (χ1) is 23.2. The second-order valence-electron chi connectivity index (χ2n) is 10.9. The lowest BCUT2D eigenvalue weighted by Gasteiger charge is -2.26. The number of sulfonamides is 1. The summed E-state index contributed by atoms with van der Waals surface area (Å²) < 4.78 is 41.7. The van der Waals surface area contributed by atoms with Gasteiger partial charge in [0.2, 0.25) is 11.8 Å². The fourth-order valence-electron chi connectivity index (χ4n) is 5.52. The third-order valence-electron chi connectivity index (χ3n) is 7.82. The van der Waals surface area contributed by atoms with Gasteiger partial charge in [-0.15, -0.1) is 4.73 Å². The van der Waals surface area contributed by atoms with Gasteiger partial charge in [-0.05, 0) is 48.4 Å². The molecule has 0 radical (unpaired) electrons. The molecule has 0 bridgehead atoms. The van der Waals surface area contributed by atoms with E-state index in [0.717, 1.165) is 4.31 Å². The second-order valence-corrected chi connectivity index (χ2v) is 12.7. The SMILES string of the molecule is O=C(CCc1ccc(S(=O)(=O)N(C(=O)c2c3ccccc3nc3ccccc23)c2ccc3c(c2)OCCO3)cc1)On1c(O)ccc1O. The maximum atomic E-state index is 14.7. The standard InChI is InChI=1S/C35H27N3O9S/c39-31-16-17-32(40)37(31)47-33(41)18-11-22-9-13-24(14-10-22)48(43,44)38(23-12-15-29-30(21-23)46-20-19-45-29)35(42)34-25-5-1-3-7-27(25)36-28-8-4-2-6-26(28)34/h1-10,12-17,21,39-40H,11,18-20H2. The fraction of sp³-hybridized carbons (Fsp3) is 0.114. The maximum absolute atomic E-state index is 14.7. The van der Waals surface area contributed by atoms with E-state index in [1.807, 2.05) is 0 Å². The van der Waals surface area contributed by atoms with E-state index in [9.17, 15) is 28.2 Å². The smallest absolute Gasteiger partial charge is 0.333 e. The minimum atomic E-state index is -4.54. The van der Waals surface area contributed by atoms with Gasteiger partial charge in [0.05, 0.1) is 33.6 Å². The van der Waals surface area contributed by atoms with Gasteiger partial charge in [-0.3, -0.25) is 4.79 Å². The maximum Gasteiger partial charge on any atom is 0.333 e. The summed E-state index contributed by atoms with van der Waals surface area (Å²) >= 11 is 0. The molecule has 1 aliphatic heterocycles. The van der Waals surface area contributed by atoms with Crippen molar-refractivity contribution in [2.75, 3.05) is 17.5 Å². The van der Waals surface area contributed by atoms with Crippen molar-refractivity contribution in [3.63, 3.8) is 0 Å². The summed E-state index contributed by atoms with van der Waals surface area (Å²) in [6.45, 7) is 0.600. The number of carbonyl (C=O) groups excluding carboxylic acids is 2. The Bertz CT molecular complexity index is 2250. The van der Waals surface area contributed by atoms with Crippen LogP contribution in [0.4, 0.5) is 5.69 Å². The van der Waals surface area contributed by atoms with Gasteiger partial charge >= 0.3 is 5.97 Å². The Balaban J connectivity index is 1.26. The number of nitrogens with zero attached hydrogens (tertiary/aromatic N) is 3. The van der Waals surface area contributed by atoms with Gasteiger partial charge in [0.1, 0.15) is 13.2 Å². The molecule has 0 atom stereocenters. The van der Waals surface area contributed by atoms with Crippen LogP contribution in [0, 0.1) is 0 Å². The van der Waals surface area contributed by atoms with Gasteiger partial charge in [-0.25, -0.2) is 18.2 Å². The van der Waals surface area contributed by atoms with Crippen molar-refractivity contribution >= 4 is 49.4 Å². The number of hydrogen-bond donors (Lipinski definition) is 2. The van der Waals surface area contributed by atoms with Crippen molar-refractivity contribution in [1.82, 2.24) is 9.71 Å². The molecule has 0 fully saturated rings. The predicted octanol–water partition coefficient (Wildman–Crippen LogP) is 5.00. The molecule has 1 aliphatic rings. The van der Waals surface area contributed by atoms with Crippen LogP contribution in [0.1, 0.15) is 22.3 Å². The third kappa shape index (κ3) is 5.60. The highest BCUT2D eigenvalue weighted by Crippen LogP contribution is 2.38. The van der Waals surface area contributed by atoms with Crippen molar-refractivity contribution < 1.29 is 42.5 Å². The van der Waals surface area contributed by atoms with E-state index in [2.05, 4.69) is 4.98 Å². The minimum Gasteiger partial charge on any atom is -0.492 e. The van der Waals surface area contributed by atoms with Gasteiger partial charge in [0, 0.05) is 29.0 Å². The van der Waals surface area contributed by atoms with E-state index >= 15 is 0 Å². The molecule has 0 spiro atoms. The zero-order chi connectivity index (χ0) is 33.4. The number of pyridine rings is 1. The van der Waals surface area contributed by atoms with E-state index < -0.39 is 33.7 Å². The number of ether oxygens (including phenoxy) is 2. The van der Waals surface area contributed by atoms with Crippen molar-refractivity contribution in [2.24, 2.45) is 0 Å². The van der Waals surface area contributed by atoms with Crippen molar-refractivity contribution in [2.45, 2.75) is 17.7 Å². The van der Waals surface area contributed by atoms with Gasteiger partial charge in [-0.1, -0.05) is 48.5 Å². The van der Waals surface area contributed by atoms with Crippen LogP contribution in [-0.2, 0) is 21.2 Å². The first-order valence-electron chi connectivity index (χ1n) is 14.9. The van der Waals surface area contributed by atoms with E-state index in [1.165, 1.54) is 48.5 Å². The van der Waals surface area contributed by atoms with Crippen LogP contribution >= 0.6 is 0 Å². The molecular weight excluding hydrogens is 638 g/mol. The fourth-order valence-corrected chi connectivity index (χ4v) is 6.91. The molecular formula is C35H27N3O9S. The van der Waals surface area contributed by atoms with Crippen LogP contribution in [0.15, 0.2) is 108 Å². The zero-order valence-electron chi connectivity index (χ0n) is 25.1. The molecule has 2 N–H and O–H groups in total. The number of carbonyl (C=O) groups is 2. The van der Waals surface area contributed by atoms with Gasteiger partial charge < -0.3 is 24.5 Å². The second kappa shape index (κ2) is 12.3. The number of aromatic hydroxyl groups is 2. The van der Waals surface area contributed by atoms with E-state index in [-0.39, 0.29) is 35.6 Å². The average Bonchev–Trinajstić information content (AvgIpc) is 3.41. The Morgan fingerprint density at radius 2 is 1.40 bits per heavy atom. The highest BCUT2D eigenvalue weighted by Gasteiger charge is 2.35. The predicted molar refractivity (Wildman–Crippen MR) is 175 cm³/mol. The van der Waals surface area contributed by atoms with Crippen LogP contribution in [0.25, 0.3) is 21.8 Å². The third-order valence-corrected chi connectivity index (χ3v) is 9.54. The number of para-hydroxylation sites is 2. The molecule has 4 aromatic carbocycles. The summed E-state index contributed by atoms with van der Waals surface area (Å²) in [5.41, 5.74) is 1.89. The molecule has 6 aromatic rings. The molecule has 0 aliphatic carbocycles. The van der Waals surface area contributed by atoms with Crippen LogP contribution in [-0.4, -0.2) is 53.4 Å². The number of hydrogen-bond acceptors (Lipinski definition) is 10. The molecule has 2 aromatic heterocycles. The molecule has 1 amide bonds. The number of fused-ring (bicyclic) bond motifs is 3. The first-order valence-corrected chi connectivity index (χ1v) is 16.3. The monoisotopic (exact) mass is 665 g/mol. The minimum absolute atomic E-state index is 0.0533. The number of amides is 1. The number of aromatic nitrogens is 2. The van der Waals surface area contributed by atoms with Gasteiger partial charge in [0.25, 0.3) is 15.9 Å².